The zero-order valence-corrected chi connectivity index (χ0v) is 74.7. The predicted octanol–water partition coefficient (Wildman–Crippen LogP) is 23.7. The largest absolute Gasteiger partial charge is 0.305 e. The second kappa shape index (κ2) is 43.9. The van der Waals surface area contributed by atoms with Gasteiger partial charge in [0.05, 0.1) is 24.2 Å². The Morgan fingerprint density at radius 2 is 0.649 bits per heavy atom. The standard InChI is InChI=1S/C24H28NSi.2C21H22NSi.3C11H8N.3Ir/c1-18(2)15-21-16-24(20-9-7-6-8-10-20)25-17-23(21)19-11-13-22(14-12-19)26(3,4)5;2*1-16-14-21(18-8-6-5-7-9-18)22-15-20(16)17-10-12-19(13-11-17)23(2,3)4;3*1-2-6-10(7-3-1)11-8-4-5-9-12-11;;;/h6-9,11-14,16-18H,15H2,1-5H3;2*5-8,10-15H,1-4H3;3*1-6,8-9H;;;/q6*-1;;;/i;1D3;;2*1D,2D,3D,6D;;;;. The molecule has 0 saturated heterocycles. The first-order valence-electron chi connectivity index (χ1n) is 41.5. The zero-order valence-electron chi connectivity index (χ0n) is 75.5. The van der Waals surface area contributed by atoms with Gasteiger partial charge in [-0.15, -0.1) is 215 Å². The normalized spacial score (nSPS) is 12.2. The third kappa shape index (κ3) is 27.1. The van der Waals surface area contributed by atoms with Gasteiger partial charge in [0.15, 0.2) is 0 Å². The van der Waals surface area contributed by atoms with Crippen LogP contribution in [-0.4, -0.2) is 54.1 Å². The Hall–Kier alpha value is -9.52. The summed E-state index contributed by atoms with van der Waals surface area (Å²) in [4.78, 5) is 26.2. The summed E-state index contributed by atoms with van der Waals surface area (Å²) in [5, 5.41) is 4.33. The van der Waals surface area contributed by atoms with Crippen LogP contribution < -0.4 is 15.6 Å². The Morgan fingerprint density at radius 1 is 0.333 bits per heavy atom. The summed E-state index contributed by atoms with van der Waals surface area (Å²) in [6.07, 6.45) is 11.7. The molecule has 15 rings (SSSR count). The summed E-state index contributed by atoms with van der Waals surface area (Å²) >= 11 is 0. The molecule has 0 atom stereocenters. The van der Waals surface area contributed by atoms with E-state index in [0.29, 0.717) is 45.3 Å². The molecule has 0 amide bonds. The summed E-state index contributed by atoms with van der Waals surface area (Å²) in [7, 11) is -3.90. The molecule has 0 aliphatic heterocycles. The number of pyridine rings is 6. The van der Waals surface area contributed by atoms with Gasteiger partial charge in [-0.3, -0.25) is 0 Å². The molecule has 0 fully saturated rings. The Kier molecular flexibility index (Phi) is 28.9. The van der Waals surface area contributed by atoms with Gasteiger partial charge >= 0.3 is 0 Å². The topological polar surface area (TPSA) is 77.3 Å². The van der Waals surface area contributed by atoms with Crippen molar-refractivity contribution in [3.63, 3.8) is 0 Å². The molecule has 0 spiro atoms. The SMILES string of the molecule is CC(C)Cc1cc(-c2[c-]cccc2)ncc1-c1ccc([Si](C)(C)C)cc1.Cc1cc(-c2[c-]cccc2)ncc1-c1ccc([Si](C)(C)C)cc1.[2H]C([2H])([2H])c1cc(-c2[c-]cccc2)ncc1-c1ccc([Si](C)(C)C)cc1.[2H]c1[c-]c(-c2ccccn2)c([2H])c([2H])c1[2H].[2H]c1[c-]c(-c2ccccn2)c([2H])c([2H])c1[2H].[Ir].[Ir].[Ir].[c-]1ccccc1-c1ccccn1. The molecule has 12 heteroatoms. The molecule has 0 aliphatic carbocycles. The third-order valence-corrected chi connectivity index (χ3v) is 23.5. The first kappa shape index (κ1) is 73.0. The van der Waals surface area contributed by atoms with Gasteiger partial charge < -0.3 is 29.9 Å². The molecule has 567 valence electrons. The monoisotopic (exact) mass is 2040 g/mol. The molecule has 0 unspecified atom stereocenters. The Labute approximate surface area is 720 Å². The maximum absolute atomic E-state index is 7.97. The molecule has 0 N–H and O–H groups in total. The number of nitrogens with zero attached hydrogens (tertiary/aromatic N) is 6. The zero-order chi connectivity index (χ0) is 85.8. The average Bonchev–Trinajstić information content (AvgIpc) is 0.777. The quantitative estimate of drug-likeness (QED) is 0.0797. The van der Waals surface area contributed by atoms with Crippen LogP contribution in [0.1, 0.15) is 45.6 Å². The van der Waals surface area contributed by atoms with Gasteiger partial charge in [-0.2, -0.15) is 0 Å². The molecular weight excluding hydrogens is 1930 g/mol. The molecular formula is C99H96Ir3N6Si3-6. The van der Waals surface area contributed by atoms with Crippen LogP contribution in [0, 0.1) is 56.1 Å². The summed E-state index contributed by atoms with van der Waals surface area (Å²) in [5.74, 6) is 0.602. The number of benzene rings is 9. The van der Waals surface area contributed by atoms with Gasteiger partial charge in [-0.05, 0) is 117 Å². The fraction of sp³-hybridized carbons (Fsp3) is 0.152. The van der Waals surface area contributed by atoms with E-state index in [2.05, 4.69) is 220 Å². The average molecular weight is 2040 g/mol. The van der Waals surface area contributed by atoms with E-state index in [1.807, 2.05) is 128 Å². The van der Waals surface area contributed by atoms with Crippen LogP contribution in [0.3, 0.4) is 0 Å². The molecule has 111 heavy (non-hydrogen) atoms. The van der Waals surface area contributed by atoms with E-state index in [1.165, 1.54) is 48.9 Å². The smallest absolute Gasteiger partial charge is 0.0775 e. The van der Waals surface area contributed by atoms with Crippen molar-refractivity contribution in [3.8, 4) is 101 Å². The van der Waals surface area contributed by atoms with Crippen molar-refractivity contribution in [3.05, 3.63) is 381 Å². The minimum Gasteiger partial charge on any atom is -0.305 e. The summed E-state index contributed by atoms with van der Waals surface area (Å²) in [5.41, 5.74) is 18.5. The van der Waals surface area contributed by atoms with E-state index in [-0.39, 0.29) is 109 Å². The molecule has 0 aliphatic rings. The summed E-state index contributed by atoms with van der Waals surface area (Å²) in [6, 6.07) is 96.3. The van der Waals surface area contributed by atoms with Crippen LogP contribution in [-0.2, 0) is 66.7 Å². The number of hydrogen-bond acceptors (Lipinski definition) is 6. The van der Waals surface area contributed by atoms with Gasteiger partial charge in [0.2, 0.25) is 0 Å². The van der Waals surface area contributed by atoms with Crippen molar-refractivity contribution in [1.82, 2.24) is 29.9 Å². The van der Waals surface area contributed by atoms with Crippen molar-refractivity contribution in [2.45, 2.75) is 93.0 Å². The molecule has 9 aromatic carbocycles. The van der Waals surface area contributed by atoms with Crippen LogP contribution in [0.4, 0.5) is 0 Å². The number of rotatable bonds is 14. The molecule has 6 aromatic heterocycles. The number of hydrogen-bond donors (Lipinski definition) is 0. The molecule has 15 aromatic rings. The van der Waals surface area contributed by atoms with Crippen LogP contribution in [0.5, 0.6) is 0 Å². The molecule has 0 saturated carbocycles. The van der Waals surface area contributed by atoms with Crippen molar-refractivity contribution in [1.29, 1.82) is 0 Å². The fourth-order valence-electron chi connectivity index (χ4n) is 11.3. The molecule has 0 bridgehead atoms. The van der Waals surface area contributed by atoms with E-state index in [4.69, 9.17) is 20.1 Å². The molecule has 6 heterocycles. The Morgan fingerprint density at radius 3 is 0.964 bits per heavy atom. The predicted molar refractivity (Wildman–Crippen MR) is 464 cm³/mol. The third-order valence-electron chi connectivity index (χ3n) is 17.3. The van der Waals surface area contributed by atoms with E-state index in [0.717, 1.165) is 51.3 Å². The van der Waals surface area contributed by atoms with Crippen LogP contribution in [0.25, 0.3) is 101 Å². The van der Waals surface area contributed by atoms with Crippen molar-refractivity contribution in [2.75, 3.05) is 0 Å². The number of aromatic nitrogens is 6. The maximum atomic E-state index is 7.97. The van der Waals surface area contributed by atoms with Gasteiger partial charge in [-0.1, -0.05) is 216 Å². The van der Waals surface area contributed by atoms with Gasteiger partial charge in [0.25, 0.3) is 0 Å². The van der Waals surface area contributed by atoms with E-state index in [9.17, 15) is 0 Å². The van der Waals surface area contributed by atoms with E-state index in [1.54, 1.807) is 73.3 Å². The van der Waals surface area contributed by atoms with Crippen LogP contribution >= 0.6 is 0 Å². The second-order valence-electron chi connectivity index (χ2n) is 29.1. The molecule has 3 radical (unpaired) electrons. The summed E-state index contributed by atoms with van der Waals surface area (Å²) in [6.45, 7) is 25.7. The van der Waals surface area contributed by atoms with Crippen molar-refractivity contribution >= 4 is 39.8 Å². The first-order chi connectivity index (χ1) is 56.6. The summed E-state index contributed by atoms with van der Waals surface area (Å²) < 4.78 is 84.1. The van der Waals surface area contributed by atoms with Gasteiger partial charge in [0, 0.05) is 124 Å². The Bertz CT molecular complexity index is 5670. The van der Waals surface area contributed by atoms with Gasteiger partial charge in [0.1, 0.15) is 0 Å². The van der Waals surface area contributed by atoms with E-state index < -0.39 is 31.1 Å². The minimum absolute atomic E-state index is 0. The number of aryl methyl sites for hydroxylation is 2. The maximum Gasteiger partial charge on any atom is 0.0775 e. The van der Waals surface area contributed by atoms with Crippen LogP contribution in [0.2, 0.25) is 58.9 Å². The van der Waals surface area contributed by atoms with Gasteiger partial charge in [-0.25, -0.2) is 0 Å². The molecule has 6 nitrogen and oxygen atoms in total. The van der Waals surface area contributed by atoms with E-state index >= 15 is 0 Å². The fourth-order valence-corrected chi connectivity index (χ4v) is 14.8. The Balaban J connectivity index is 0.000000204. The van der Waals surface area contributed by atoms with Crippen LogP contribution in [0.15, 0.2) is 328 Å². The van der Waals surface area contributed by atoms with Crippen molar-refractivity contribution in [2.24, 2.45) is 5.92 Å². The minimum atomic E-state index is -2.21. The second-order valence-corrected chi connectivity index (χ2v) is 44.3. The first-order valence-corrected chi connectivity index (χ1v) is 46.5. The van der Waals surface area contributed by atoms with Crippen molar-refractivity contribution < 1.29 is 75.4 Å².